The minimum Gasteiger partial charge on any atom is -0.347 e. The molecule has 6 bridgehead atoms. The fourth-order valence-electron chi connectivity index (χ4n) is 8.92. The predicted molar refractivity (Wildman–Crippen MR) is 135 cm³/mol. The number of rotatable bonds is 6. The number of aromatic nitrogens is 1. The number of nitrogens with zero attached hydrogens (tertiary/aromatic N) is 1. The minimum absolute atomic E-state index is 0.126. The Labute approximate surface area is 213 Å². The number of amides is 3. The molecule has 1 aromatic rings. The summed E-state index contributed by atoms with van der Waals surface area (Å²) < 4.78 is 0. The van der Waals surface area contributed by atoms with Crippen LogP contribution in [0.3, 0.4) is 0 Å². The second kappa shape index (κ2) is 8.03. The fourth-order valence-corrected chi connectivity index (χ4v) is 8.92. The zero-order chi connectivity index (χ0) is 24.5. The summed E-state index contributed by atoms with van der Waals surface area (Å²) >= 11 is 0. The van der Waals surface area contributed by atoms with Crippen molar-refractivity contribution in [2.45, 2.75) is 113 Å². The summed E-state index contributed by atoms with van der Waals surface area (Å²) in [6, 6.07) is 3.19. The highest BCUT2D eigenvalue weighted by Crippen LogP contribution is 2.49. The Bertz CT molecular complexity index is 955. The molecular formula is C29H38N4O3. The molecule has 7 nitrogen and oxygen atoms in total. The van der Waals surface area contributed by atoms with E-state index >= 15 is 0 Å². The third-order valence-corrected chi connectivity index (χ3v) is 10.9. The molecule has 0 atom stereocenters. The Morgan fingerprint density at radius 1 is 0.583 bits per heavy atom. The van der Waals surface area contributed by atoms with Crippen molar-refractivity contribution in [1.29, 1.82) is 0 Å². The summed E-state index contributed by atoms with van der Waals surface area (Å²) in [6.07, 6.45) is 16.1. The molecule has 0 radical (unpaired) electrons. The standard InChI is InChI=1S/C29H38N4O3/c34-24(31-27-7-1-18(15-27)2-8-27)21-13-22(25(35)32-28-9-3-19(16-28)4-10-28)30-23(14-21)26(36)33-29-11-5-20(17-29)6-12-29/h13-14,18-20H,1-12,15-17H2,(H,31,34)(H,32,35)(H,33,36). The van der Waals surface area contributed by atoms with E-state index in [1.165, 1.54) is 12.8 Å². The van der Waals surface area contributed by atoms with Crippen LogP contribution in [0.5, 0.6) is 0 Å². The molecule has 3 N–H and O–H groups in total. The second-order valence-corrected chi connectivity index (χ2v) is 13.3. The fraction of sp³-hybridized carbons (Fsp3) is 0.724. The summed E-state index contributed by atoms with van der Waals surface area (Å²) in [6.45, 7) is 0. The molecule has 6 aliphatic carbocycles. The summed E-state index contributed by atoms with van der Waals surface area (Å²) in [5.41, 5.74) is 0.310. The molecule has 192 valence electrons. The Hall–Kier alpha value is -2.44. The van der Waals surface area contributed by atoms with Gasteiger partial charge in [0.1, 0.15) is 11.4 Å². The number of carbonyl (C=O) groups is 3. The Kier molecular flexibility index (Phi) is 5.07. The zero-order valence-electron chi connectivity index (χ0n) is 21.2. The first kappa shape index (κ1) is 22.7. The number of pyridine rings is 1. The van der Waals surface area contributed by atoms with Crippen molar-refractivity contribution in [3.8, 4) is 0 Å². The lowest BCUT2D eigenvalue weighted by atomic mass is 9.93. The van der Waals surface area contributed by atoms with Gasteiger partial charge < -0.3 is 16.0 Å². The average molecular weight is 491 g/mol. The van der Waals surface area contributed by atoms with Gasteiger partial charge in [-0.05, 0) is 126 Å². The third kappa shape index (κ3) is 3.84. The van der Waals surface area contributed by atoms with Crippen molar-refractivity contribution in [1.82, 2.24) is 20.9 Å². The van der Waals surface area contributed by atoms with Crippen molar-refractivity contribution in [3.05, 3.63) is 29.1 Å². The van der Waals surface area contributed by atoms with Gasteiger partial charge in [-0.25, -0.2) is 4.98 Å². The molecular weight excluding hydrogens is 452 g/mol. The summed E-state index contributed by atoms with van der Waals surface area (Å²) in [4.78, 5) is 44.9. The molecule has 7 heteroatoms. The van der Waals surface area contributed by atoms with Gasteiger partial charge in [0.15, 0.2) is 0 Å². The van der Waals surface area contributed by atoms with E-state index in [4.69, 9.17) is 0 Å². The van der Waals surface area contributed by atoms with Crippen LogP contribution in [0.2, 0.25) is 0 Å². The third-order valence-electron chi connectivity index (χ3n) is 10.9. The lowest BCUT2D eigenvalue weighted by Crippen LogP contribution is -2.47. The van der Waals surface area contributed by atoms with E-state index in [1.54, 1.807) is 12.1 Å². The zero-order valence-corrected chi connectivity index (χ0v) is 21.2. The largest absolute Gasteiger partial charge is 0.347 e. The summed E-state index contributed by atoms with van der Waals surface area (Å²) in [5, 5.41) is 9.83. The van der Waals surface area contributed by atoms with Gasteiger partial charge in [0.25, 0.3) is 17.7 Å². The van der Waals surface area contributed by atoms with Crippen LogP contribution in [0.1, 0.15) is 128 Å². The van der Waals surface area contributed by atoms with Crippen molar-refractivity contribution in [3.63, 3.8) is 0 Å². The van der Waals surface area contributed by atoms with Crippen molar-refractivity contribution in [2.24, 2.45) is 17.8 Å². The molecule has 36 heavy (non-hydrogen) atoms. The maximum atomic E-state index is 13.5. The normalized spacial score (nSPS) is 39.5. The van der Waals surface area contributed by atoms with Gasteiger partial charge in [0, 0.05) is 22.2 Å². The first-order valence-electron chi connectivity index (χ1n) is 14.3. The predicted octanol–water partition coefficient (Wildman–Crippen LogP) is 4.27. The van der Waals surface area contributed by atoms with Crippen LogP contribution in [0.15, 0.2) is 12.1 Å². The highest BCUT2D eigenvalue weighted by molar-refractivity contribution is 6.02. The number of fused-ring (bicyclic) bond motifs is 6. The molecule has 0 spiro atoms. The van der Waals surface area contributed by atoms with Gasteiger partial charge in [-0.1, -0.05) is 0 Å². The molecule has 0 saturated heterocycles. The lowest BCUT2D eigenvalue weighted by Gasteiger charge is -2.29. The molecule has 0 unspecified atom stereocenters. The van der Waals surface area contributed by atoms with Gasteiger partial charge in [-0.3, -0.25) is 14.4 Å². The molecule has 3 amide bonds. The Morgan fingerprint density at radius 2 is 0.917 bits per heavy atom. The number of hydrogen-bond acceptors (Lipinski definition) is 4. The van der Waals surface area contributed by atoms with Crippen LogP contribution in [0.4, 0.5) is 0 Å². The quantitative estimate of drug-likeness (QED) is 0.554. The molecule has 6 saturated carbocycles. The molecule has 6 fully saturated rings. The number of carbonyl (C=O) groups excluding carboxylic acids is 3. The summed E-state index contributed by atoms with van der Waals surface area (Å²) in [5.74, 6) is 1.41. The first-order chi connectivity index (χ1) is 17.3. The van der Waals surface area contributed by atoms with Crippen molar-refractivity contribution >= 4 is 17.7 Å². The molecule has 1 heterocycles. The molecule has 1 aromatic heterocycles. The Balaban J connectivity index is 1.17. The first-order valence-corrected chi connectivity index (χ1v) is 14.3. The Morgan fingerprint density at radius 3 is 1.22 bits per heavy atom. The van der Waals surface area contributed by atoms with E-state index < -0.39 is 0 Å². The van der Waals surface area contributed by atoms with Crippen LogP contribution in [0, 0.1) is 17.8 Å². The van der Waals surface area contributed by atoms with Gasteiger partial charge in [-0.15, -0.1) is 0 Å². The highest BCUT2D eigenvalue weighted by atomic mass is 16.2. The smallest absolute Gasteiger partial charge is 0.270 e. The van der Waals surface area contributed by atoms with Gasteiger partial charge in [-0.2, -0.15) is 0 Å². The van der Waals surface area contributed by atoms with Crippen LogP contribution in [-0.2, 0) is 0 Å². The van der Waals surface area contributed by atoms with E-state index in [2.05, 4.69) is 20.9 Å². The maximum absolute atomic E-state index is 13.5. The number of nitrogens with one attached hydrogen (secondary N) is 3. The van der Waals surface area contributed by atoms with E-state index in [0.717, 1.165) is 83.5 Å². The van der Waals surface area contributed by atoms with Crippen LogP contribution < -0.4 is 16.0 Å². The maximum Gasteiger partial charge on any atom is 0.270 e. The minimum atomic E-state index is -0.263. The van der Waals surface area contributed by atoms with E-state index in [1.807, 2.05) is 0 Å². The molecule has 0 aliphatic heterocycles. The second-order valence-electron chi connectivity index (χ2n) is 13.3. The van der Waals surface area contributed by atoms with Gasteiger partial charge in [0.05, 0.1) is 0 Å². The monoisotopic (exact) mass is 490 g/mol. The van der Waals surface area contributed by atoms with Crippen molar-refractivity contribution < 1.29 is 14.4 Å². The highest BCUT2D eigenvalue weighted by Gasteiger charge is 2.48. The molecule has 7 rings (SSSR count). The molecule has 0 aromatic carbocycles. The van der Waals surface area contributed by atoms with E-state index in [-0.39, 0.29) is 45.7 Å². The summed E-state index contributed by atoms with van der Waals surface area (Å²) in [7, 11) is 0. The SMILES string of the molecule is O=C(NC12CCC(CC1)C2)c1cc(C(=O)NC23CCC(CC2)C3)nc(C(=O)NC23CCC(CC2)C3)c1. The molecule has 6 aliphatic rings. The van der Waals surface area contributed by atoms with Crippen LogP contribution >= 0.6 is 0 Å². The van der Waals surface area contributed by atoms with Crippen LogP contribution in [0.25, 0.3) is 0 Å². The average Bonchev–Trinajstić information content (AvgIpc) is 3.72. The van der Waals surface area contributed by atoms with Crippen molar-refractivity contribution in [2.75, 3.05) is 0 Å². The topological polar surface area (TPSA) is 100 Å². The number of hydrogen-bond donors (Lipinski definition) is 3. The van der Waals surface area contributed by atoms with Crippen LogP contribution in [-0.4, -0.2) is 39.3 Å². The van der Waals surface area contributed by atoms with E-state index in [0.29, 0.717) is 23.3 Å². The lowest BCUT2D eigenvalue weighted by molar-refractivity contribution is 0.0892. The van der Waals surface area contributed by atoms with Gasteiger partial charge in [0.2, 0.25) is 0 Å². The van der Waals surface area contributed by atoms with E-state index in [9.17, 15) is 14.4 Å². The van der Waals surface area contributed by atoms with Gasteiger partial charge >= 0.3 is 0 Å².